The fourth-order valence-corrected chi connectivity index (χ4v) is 3.28. The Hall–Kier alpha value is -2.37. The summed E-state index contributed by atoms with van der Waals surface area (Å²) in [6.45, 7) is 1.59. The summed E-state index contributed by atoms with van der Waals surface area (Å²) < 4.78 is 7.11. The van der Waals surface area contributed by atoms with Crippen molar-refractivity contribution < 1.29 is 9.53 Å². The number of carbonyl (C=O) groups is 1. The third-order valence-electron chi connectivity index (χ3n) is 4.67. The molecular weight excluding hydrogens is 304 g/mol. The molecule has 3 rings (SSSR count). The molecule has 0 N–H and O–H groups in total. The second-order valence-corrected chi connectivity index (χ2v) is 6.33. The van der Waals surface area contributed by atoms with Crippen molar-refractivity contribution in [2.45, 2.75) is 31.6 Å². The van der Waals surface area contributed by atoms with Crippen LogP contribution < -0.4 is 4.74 Å². The fourth-order valence-electron chi connectivity index (χ4n) is 3.28. The highest BCUT2D eigenvalue weighted by atomic mass is 16.5. The summed E-state index contributed by atoms with van der Waals surface area (Å²) in [5.41, 5.74) is 1.16. The van der Waals surface area contributed by atoms with Crippen molar-refractivity contribution >= 4 is 5.91 Å². The van der Waals surface area contributed by atoms with Gasteiger partial charge in [-0.25, -0.2) is 0 Å². The summed E-state index contributed by atoms with van der Waals surface area (Å²) in [7, 11) is 3.61. The molecule has 0 saturated carbocycles. The number of methoxy groups -OCH3 is 1. The molecule has 0 spiro atoms. The predicted octanol–water partition coefficient (Wildman–Crippen LogP) is 2.16. The fraction of sp³-hybridized carbons (Fsp3) is 0.500. The van der Waals surface area contributed by atoms with Crippen LogP contribution in [0.5, 0.6) is 5.75 Å². The number of ether oxygens (including phenoxy) is 1. The van der Waals surface area contributed by atoms with Crippen molar-refractivity contribution in [1.29, 1.82) is 0 Å². The highest BCUT2D eigenvalue weighted by Gasteiger charge is 2.27. The summed E-state index contributed by atoms with van der Waals surface area (Å²) in [4.78, 5) is 14.5. The minimum Gasteiger partial charge on any atom is -0.497 e. The molecule has 1 aliphatic heterocycles. The lowest BCUT2D eigenvalue weighted by Gasteiger charge is -2.32. The van der Waals surface area contributed by atoms with E-state index in [1.165, 1.54) is 0 Å². The highest BCUT2D eigenvalue weighted by molar-refractivity contribution is 5.76. The summed E-state index contributed by atoms with van der Waals surface area (Å²) in [5.74, 6) is 2.32. The Morgan fingerprint density at radius 2 is 2.12 bits per heavy atom. The van der Waals surface area contributed by atoms with E-state index in [-0.39, 0.29) is 11.8 Å². The van der Waals surface area contributed by atoms with E-state index in [0.29, 0.717) is 6.42 Å². The quantitative estimate of drug-likeness (QED) is 0.844. The lowest BCUT2D eigenvalue weighted by atomic mass is 9.96. The minimum absolute atomic E-state index is 0.220. The van der Waals surface area contributed by atoms with E-state index >= 15 is 0 Å². The van der Waals surface area contributed by atoms with E-state index in [4.69, 9.17) is 4.74 Å². The molecule has 6 heteroatoms. The molecule has 24 heavy (non-hydrogen) atoms. The van der Waals surface area contributed by atoms with Gasteiger partial charge in [-0.2, -0.15) is 0 Å². The standard InChI is InChI=1S/C18H24N4O2/c1-21-13-19-20-18(21)15-4-3-11-22(12-15)17(23)10-7-14-5-8-16(24-2)9-6-14/h5-6,8-9,13,15H,3-4,7,10-12H2,1-2H3/t15-/m0/s1. The van der Waals surface area contributed by atoms with Crippen molar-refractivity contribution in [1.82, 2.24) is 19.7 Å². The molecule has 1 aromatic carbocycles. The second kappa shape index (κ2) is 7.47. The second-order valence-electron chi connectivity index (χ2n) is 6.33. The third kappa shape index (κ3) is 3.75. The summed E-state index contributed by atoms with van der Waals surface area (Å²) in [6, 6.07) is 7.91. The molecule has 2 heterocycles. The van der Waals surface area contributed by atoms with Gasteiger partial charge >= 0.3 is 0 Å². The van der Waals surface area contributed by atoms with Gasteiger partial charge in [-0.3, -0.25) is 4.79 Å². The number of benzene rings is 1. The summed E-state index contributed by atoms with van der Waals surface area (Å²) in [6.07, 6.45) is 5.10. The van der Waals surface area contributed by atoms with E-state index in [1.807, 2.05) is 40.8 Å². The Kier molecular flexibility index (Phi) is 5.13. The maximum atomic E-state index is 12.6. The van der Waals surface area contributed by atoms with Gasteiger partial charge in [0.2, 0.25) is 5.91 Å². The van der Waals surface area contributed by atoms with Crippen LogP contribution in [0.25, 0.3) is 0 Å². The van der Waals surface area contributed by atoms with Crippen LogP contribution in [0.3, 0.4) is 0 Å². The van der Waals surface area contributed by atoms with E-state index < -0.39 is 0 Å². The molecule has 1 saturated heterocycles. The number of amides is 1. The van der Waals surface area contributed by atoms with Crippen LogP contribution in [-0.4, -0.2) is 45.8 Å². The largest absolute Gasteiger partial charge is 0.497 e. The van der Waals surface area contributed by atoms with Crippen LogP contribution in [0.15, 0.2) is 30.6 Å². The normalized spacial score (nSPS) is 17.8. The van der Waals surface area contributed by atoms with Gasteiger partial charge in [0.1, 0.15) is 17.9 Å². The number of aryl methyl sites for hydroxylation is 2. The van der Waals surface area contributed by atoms with Crippen LogP contribution in [0.1, 0.15) is 36.6 Å². The average molecular weight is 328 g/mol. The molecule has 2 aromatic rings. The van der Waals surface area contributed by atoms with Crippen LogP contribution in [0.2, 0.25) is 0 Å². The number of rotatable bonds is 5. The van der Waals surface area contributed by atoms with Crippen molar-refractivity contribution in [2.24, 2.45) is 7.05 Å². The Labute approximate surface area is 142 Å². The monoisotopic (exact) mass is 328 g/mol. The van der Waals surface area contributed by atoms with E-state index in [2.05, 4.69) is 10.2 Å². The number of hydrogen-bond donors (Lipinski definition) is 0. The van der Waals surface area contributed by atoms with Crippen molar-refractivity contribution in [3.05, 3.63) is 42.0 Å². The maximum absolute atomic E-state index is 12.6. The predicted molar refractivity (Wildman–Crippen MR) is 90.9 cm³/mol. The first kappa shape index (κ1) is 16.5. The minimum atomic E-state index is 0.220. The van der Waals surface area contributed by atoms with E-state index in [9.17, 15) is 4.79 Å². The van der Waals surface area contributed by atoms with Gasteiger partial charge in [-0.05, 0) is 37.0 Å². The molecule has 1 atom stereocenters. The number of carbonyl (C=O) groups excluding carboxylic acids is 1. The molecule has 1 aliphatic rings. The van der Waals surface area contributed by atoms with Crippen molar-refractivity contribution in [3.8, 4) is 5.75 Å². The van der Waals surface area contributed by atoms with E-state index in [1.54, 1.807) is 13.4 Å². The van der Waals surface area contributed by atoms with Crippen LogP contribution >= 0.6 is 0 Å². The topological polar surface area (TPSA) is 60.2 Å². The zero-order valence-corrected chi connectivity index (χ0v) is 14.3. The zero-order valence-electron chi connectivity index (χ0n) is 14.3. The number of piperidine rings is 1. The first-order valence-electron chi connectivity index (χ1n) is 8.42. The molecule has 0 radical (unpaired) electrons. The van der Waals surface area contributed by atoms with Gasteiger partial charge in [-0.1, -0.05) is 12.1 Å². The molecule has 0 unspecified atom stereocenters. The Morgan fingerprint density at radius 1 is 1.33 bits per heavy atom. The molecule has 0 bridgehead atoms. The first-order valence-corrected chi connectivity index (χ1v) is 8.42. The SMILES string of the molecule is COc1ccc(CCC(=O)N2CCC[C@H](c3nncn3C)C2)cc1. The Morgan fingerprint density at radius 3 is 2.79 bits per heavy atom. The summed E-state index contributed by atoms with van der Waals surface area (Å²) in [5, 5.41) is 8.16. The Bertz CT molecular complexity index is 681. The average Bonchev–Trinajstić information content (AvgIpc) is 3.06. The van der Waals surface area contributed by atoms with Gasteiger partial charge in [0.15, 0.2) is 0 Å². The number of nitrogens with zero attached hydrogens (tertiary/aromatic N) is 4. The molecule has 1 amide bonds. The summed E-state index contributed by atoms with van der Waals surface area (Å²) >= 11 is 0. The Balaban J connectivity index is 1.55. The van der Waals surface area contributed by atoms with Crippen LogP contribution in [0.4, 0.5) is 0 Å². The molecular formula is C18H24N4O2. The zero-order chi connectivity index (χ0) is 16.9. The van der Waals surface area contributed by atoms with Crippen molar-refractivity contribution in [2.75, 3.05) is 20.2 Å². The molecule has 6 nitrogen and oxygen atoms in total. The van der Waals surface area contributed by atoms with Gasteiger partial charge in [0, 0.05) is 32.5 Å². The van der Waals surface area contributed by atoms with Crippen LogP contribution in [0, 0.1) is 0 Å². The highest BCUT2D eigenvalue weighted by Crippen LogP contribution is 2.25. The molecule has 1 aromatic heterocycles. The van der Waals surface area contributed by atoms with Gasteiger partial charge < -0.3 is 14.2 Å². The van der Waals surface area contributed by atoms with Gasteiger partial charge in [-0.15, -0.1) is 10.2 Å². The van der Waals surface area contributed by atoms with E-state index in [0.717, 1.165) is 49.5 Å². The number of aromatic nitrogens is 3. The maximum Gasteiger partial charge on any atom is 0.222 e. The first-order chi connectivity index (χ1) is 11.7. The van der Waals surface area contributed by atoms with Gasteiger partial charge in [0.05, 0.1) is 7.11 Å². The van der Waals surface area contributed by atoms with Crippen LogP contribution in [-0.2, 0) is 18.3 Å². The molecule has 0 aliphatic carbocycles. The number of hydrogen-bond acceptors (Lipinski definition) is 4. The van der Waals surface area contributed by atoms with Crippen molar-refractivity contribution in [3.63, 3.8) is 0 Å². The molecule has 128 valence electrons. The smallest absolute Gasteiger partial charge is 0.222 e. The number of likely N-dealkylation sites (tertiary alicyclic amines) is 1. The third-order valence-corrected chi connectivity index (χ3v) is 4.67. The van der Waals surface area contributed by atoms with Gasteiger partial charge in [0.25, 0.3) is 0 Å². The molecule has 1 fully saturated rings. The lowest BCUT2D eigenvalue weighted by molar-refractivity contribution is -0.132. The lowest BCUT2D eigenvalue weighted by Crippen LogP contribution is -2.39.